The molecule has 1 atom stereocenters. The zero-order valence-corrected chi connectivity index (χ0v) is 7.27. The lowest BCUT2D eigenvalue weighted by Crippen LogP contribution is -2.07. The summed E-state index contributed by atoms with van der Waals surface area (Å²) >= 11 is 0. The Labute approximate surface area is 77.4 Å². The molecule has 1 rings (SSSR count). The van der Waals surface area contributed by atoms with Crippen molar-refractivity contribution in [2.75, 3.05) is 6.54 Å². The molecule has 0 amide bonds. The highest BCUT2D eigenvalue weighted by Gasteiger charge is 2.09. The first kappa shape index (κ1) is 9.72. The van der Waals surface area contributed by atoms with Gasteiger partial charge >= 0.3 is 0 Å². The first-order valence-corrected chi connectivity index (χ1v) is 4.16. The summed E-state index contributed by atoms with van der Waals surface area (Å²) in [6, 6.07) is 9.05. The molecule has 13 heavy (non-hydrogen) atoms. The predicted octanol–water partition coefficient (Wildman–Crippen LogP) is 0.940. The van der Waals surface area contributed by atoms with Gasteiger partial charge in [-0.1, -0.05) is 18.2 Å². The van der Waals surface area contributed by atoms with Crippen molar-refractivity contribution in [2.45, 2.75) is 12.5 Å². The number of aliphatic hydroxyl groups is 1. The summed E-state index contributed by atoms with van der Waals surface area (Å²) in [6.45, 7) is 0.418. The zero-order valence-electron chi connectivity index (χ0n) is 7.27. The molecule has 3 N–H and O–H groups in total. The molecule has 0 fully saturated rings. The van der Waals surface area contributed by atoms with Gasteiger partial charge < -0.3 is 10.8 Å². The van der Waals surface area contributed by atoms with E-state index in [0.717, 1.165) is 0 Å². The molecule has 0 unspecified atom stereocenters. The van der Waals surface area contributed by atoms with E-state index in [0.29, 0.717) is 24.1 Å². The Hall–Kier alpha value is -1.37. The molecule has 0 spiro atoms. The van der Waals surface area contributed by atoms with Crippen LogP contribution < -0.4 is 5.73 Å². The smallest absolute Gasteiger partial charge is 0.0995 e. The highest BCUT2D eigenvalue weighted by Crippen LogP contribution is 2.19. The number of nitrogens with zero attached hydrogens (tertiary/aromatic N) is 1. The molecule has 1 aromatic carbocycles. The second-order valence-electron chi connectivity index (χ2n) is 2.79. The van der Waals surface area contributed by atoms with Crippen LogP contribution in [-0.2, 0) is 0 Å². The van der Waals surface area contributed by atoms with E-state index in [1.165, 1.54) is 0 Å². The van der Waals surface area contributed by atoms with Crippen LogP contribution in [0.15, 0.2) is 24.3 Å². The minimum atomic E-state index is -0.624. The number of rotatable bonds is 3. The molecule has 3 heteroatoms. The van der Waals surface area contributed by atoms with E-state index in [4.69, 9.17) is 11.0 Å². The summed E-state index contributed by atoms with van der Waals surface area (Å²) in [5.41, 5.74) is 6.49. The van der Waals surface area contributed by atoms with Crippen LogP contribution in [-0.4, -0.2) is 11.7 Å². The van der Waals surface area contributed by atoms with Crippen LogP contribution in [0, 0.1) is 11.3 Å². The van der Waals surface area contributed by atoms with Crippen molar-refractivity contribution in [3.8, 4) is 6.07 Å². The SMILES string of the molecule is N#Cc1ccccc1[C@@H](O)CCN. The minimum Gasteiger partial charge on any atom is -0.388 e. The molecule has 0 aliphatic heterocycles. The van der Waals surface area contributed by atoms with Gasteiger partial charge in [-0.3, -0.25) is 0 Å². The lowest BCUT2D eigenvalue weighted by atomic mass is 10.0. The van der Waals surface area contributed by atoms with Crippen LogP contribution in [0.1, 0.15) is 23.7 Å². The molecule has 3 nitrogen and oxygen atoms in total. The van der Waals surface area contributed by atoms with E-state index in [1.54, 1.807) is 24.3 Å². The Balaban J connectivity index is 2.93. The first-order valence-electron chi connectivity index (χ1n) is 4.16. The van der Waals surface area contributed by atoms with Gasteiger partial charge in [0.25, 0.3) is 0 Å². The summed E-state index contributed by atoms with van der Waals surface area (Å²) in [4.78, 5) is 0. The third-order valence-corrected chi connectivity index (χ3v) is 1.88. The van der Waals surface area contributed by atoms with Crippen LogP contribution >= 0.6 is 0 Å². The van der Waals surface area contributed by atoms with Gasteiger partial charge in [0.15, 0.2) is 0 Å². The van der Waals surface area contributed by atoms with Gasteiger partial charge in [0, 0.05) is 0 Å². The Morgan fingerprint density at radius 1 is 1.46 bits per heavy atom. The monoisotopic (exact) mass is 176 g/mol. The van der Waals surface area contributed by atoms with Crippen molar-refractivity contribution in [3.05, 3.63) is 35.4 Å². The Kier molecular flexibility index (Phi) is 3.44. The van der Waals surface area contributed by atoms with E-state index in [2.05, 4.69) is 0 Å². The molecule has 0 aliphatic rings. The lowest BCUT2D eigenvalue weighted by Gasteiger charge is -2.10. The Bertz CT molecular complexity index is 317. The average Bonchev–Trinajstić information content (AvgIpc) is 2.18. The second-order valence-corrected chi connectivity index (χ2v) is 2.79. The number of benzene rings is 1. The van der Waals surface area contributed by atoms with E-state index in [9.17, 15) is 5.11 Å². The quantitative estimate of drug-likeness (QED) is 0.720. The summed E-state index contributed by atoms with van der Waals surface area (Å²) in [7, 11) is 0. The highest BCUT2D eigenvalue weighted by molar-refractivity contribution is 5.38. The van der Waals surface area contributed by atoms with Crippen molar-refractivity contribution < 1.29 is 5.11 Å². The molecule has 1 aromatic rings. The van der Waals surface area contributed by atoms with Gasteiger partial charge in [-0.2, -0.15) is 5.26 Å². The van der Waals surface area contributed by atoms with E-state index in [1.807, 2.05) is 6.07 Å². The summed E-state index contributed by atoms with van der Waals surface area (Å²) in [5, 5.41) is 18.3. The van der Waals surface area contributed by atoms with Crippen molar-refractivity contribution in [1.82, 2.24) is 0 Å². The number of nitriles is 1. The van der Waals surface area contributed by atoms with Crippen molar-refractivity contribution in [3.63, 3.8) is 0 Å². The van der Waals surface area contributed by atoms with Crippen LogP contribution in [0.3, 0.4) is 0 Å². The summed E-state index contributed by atoms with van der Waals surface area (Å²) < 4.78 is 0. The standard InChI is InChI=1S/C10H12N2O/c11-6-5-10(13)9-4-2-1-3-8(9)7-12/h1-4,10,13H,5-6,11H2/t10-/m0/s1. The van der Waals surface area contributed by atoms with Crippen LogP contribution in [0.4, 0.5) is 0 Å². The summed E-state index contributed by atoms with van der Waals surface area (Å²) in [6.07, 6.45) is -0.139. The first-order chi connectivity index (χ1) is 6.29. The molecular formula is C10H12N2O. The molecule has 0 radical (unpaired) electrons. The van der Waals surface area contributed by atoms with Crippen LogP contribution in [0.2, 0.25) is 0 Å². The third-order valence-electron chi connectivity index (χ3n) is 1.88. The zero-order chi connectivity index (χ0) is 9.68. The molecule has 0 saturated carbocycles. The Morgan fingerprint density at radius 3 is 2.77 bits per heavy atom. The number of nitrogens with two attached hydrogens (primary N) is 1. The molecular weight excluding hydrogens is 164 g/mol. The van der Waals surface area contributed by atoms with Crippen LogP contribution in [0.5, 0.6) is 0 Å². The topological polar surface area (TPSA) is 70.0 Å². The predicted molar refractivity (Wildman–Crippen MR) is 49.8 cm³/mol. The number of aliphatic hydroxyl groups excluding tert-OH is 1. The molecule has 0 saturated heterocycles. The maximum atomic E-state index is 9.60. The molecule has 0 aliphatic carbocycles. The van der Waals surface area contributed by atoms with Gasteiger partial charge in [0.2, 0.25) is 0 Å². The normalized spacial score (nSPS) is 12.1. The fourth-order valence-electron chi connectivity index (χ4n) is 1.20. The minimum absolute atomic E-state index is 0.418. The van der Waals surface area contributed by atoms with Crippen molar-refractivity contribution >= 4 is 0 Å². The third kappa shape index (κ3) is 2.28. The second kappa shape index (κ2) is 4.61. The average molecular weight is 176 g/mol. The van der Waals surface area contributed by atoms with Crippen molar-refractivity contribution in [1.29, 1.82) is 5.26 Å². The van der Waals surface area contributed by atoms with E-state index < -0.39 is 6.10 Å². The van der Waals surface area contributed by atoms with Gasteiger partial charge in [-0.25, -0.2) is 0 Å². The molecule has 0 heterocycles. The Morgan fingerprint density at radius 2 is 2.15 bits per heavy atom. The maximum absolute atomic E-state index is 9.60. The van der Waals surface area contributed by atoms with Crippen molar-refractivity contribution in [2.24, 2.45) is 5.73 Å². The largest absolute Gasteiger partial charge is 0.388 e. The van der Waals surface area contributed by atoms with E-state index in [-0.39, 0.29) is 0 Å². The maximum Gasteiger partial charge on any atom is 0.0995 e. The summed E-state index contributed by atoms with van der Waals surface area (Å²) in [5.74, 6) is 0. The fourth-order valence-corrected chi connectivity index (χ4v) is 1.20. The number of hydrogen-bond acceptors (Lipinski definition) is 3. The molecule has 0 aromatic heterocycles. The van der Waals surface area contributed by atoms with Gasteiger partial charge in [-0.05, 0) is 24.6 Å². The highest BCUT2D eigenvalue weighted by atomic mass is 16.3. The van der Waals surface area contributed by atoms with Gasteiger partial charge in [0.05, 0.1) is 17.7 Å². The van der Waals surface area contributed by atoms with E-state index >= 15 is 0 Å². The van der Waals surface area contributed by atoms with Gasteiger partial charge in [0.1, 0.15) is 0 Å². The molecule has 68 valence electrons. The lowest BCUT2D eigenvalue weighted by molar-refractivity contribution is 0.170. The van der Waals surface area contributed by atoms with Crippen LogP contribution in [0.25, 0.3) is 0 Å². The number of hydrogen-bond donors (Lipinski definition) is 2. The van der Waals surface area contributed by atoms with Gasteiger partial charge in [-0.15, -0.1) is 0 Å². The molecule has 0 bridgehead atoms. The fraction of sp³-hybridized carbons (Fsp3) is 0.300.